The fraction of sp³-hybridized carbons (Fsp3) is 0.167. The van der Waals surface area contributed by atoms with Crippen molar-refractivity contribution in [2.75, 3.05) is 24.7 Å². The Bertz CT molecular complexity index is 470. The third-order valence-electron chi connectivity index (χ3n) is 2.42. The zero-order valence-corrected chi connectivity index (χ0v) is 10.9. The van der Waals surface area contributed by atoms with Crippen molar-refractivity contribution < 1.29 is 0 Å². The van der Waals surface area contributed by atoms with Crippen LogP contribution in [0.15, 0.2) is 36.4 Å². The molecule has 0 radical (unpaired) electrons. The number of anilines is 2. The molecule has 2 rings (SSSR count). The predicted molar refractivity (Wildman–Crippen MR) is 77.2 cm³/mol. The van der Waals surface area contributed by atoms with E-state index in [-0.39, 0.29) is 24.8 Å². The quantitative estimate of drug-likeness (QED) is 0.796. The van der Waals surface area contributed by atoms with E-state index in [4.69, 9.17) is 5.73 Å². The number of benzene rings is 2. The lowest BCUT2D eigenvalue weighted by molar-refractivity contribution is 1.14. The molecule has 0 fully saturated rings. The molecule has 0 unspecified atom stereocenters. The van der Waals surface area contributed by atoms with Crippen molar-refractivity contribution in [1.29, 1.82) is 0 Å². The van der Waals surface area contributed by atoms with Crippen LogP contribution in [0.1, 0.15) is 0 Å². The van der Waals surface area contributed by atoms with Gasteiger partial charge in [0, 0.05) is 36.2 Å². The minimum atomic E-state index is 0. The maximum absolute atomic E-state index is 5.91. The van der Waals surface area contributed by atoms with Crippen LogP contribution < -0.4 is 10.6 Å². The summed E-state index contributed by atoms with van der Waals surface area (Å²) in [5.74, 6) is 0. The Morgan fingerprint density at radius 3 is 2.00 bits per heavy atom. The molecule has 2 aromatic rings. The summed E-state index contributed by atoms with van der Waals surface area (Å²) in [7, 11) is 4.08. The van der Waals surface area contributed by atoms with E-state index in [1.807, 2.05) is 32.3 Å². The van der Waals surface area contributed by atoms with E-state index in [9.17, 15) is 0 Å². The molecule has 0 aromatic heterocycles. The molecule has 0 saturated heterocycles. The van der Waals surface area contributed by atoms with Crippen LogP contribution in [0, 0.1) is 0 Å². The van der Waals surface area contributed by atoms with Crippen molar-refractivity contribution in [3.8, 4) is 0 Å². The maximum Gasteiger partial charge on any atom is 0.0442 e. The van der Waals surface area contributed by atoms with Gasteiger partial charge in [0.25, 0.3) is 0 Å². The molecule has 2 aromatic carbocycles. The van der Waals surface area contributed by atoms with Gasteiger partial charge in [0.1, 0.15) is 0 Å². The number of nitrogens with zero attached hydrogens (tertiary/aromatic N) is 1. The number of hydrogen-bond acceptors (Lipinski definition) is 2. The van der Waals surface area contributed by atoms with E-state index in [0.29, 0.717) is 0 Å². The summed E-state index contributed by atoms with van der Waals surface area (Å²) >= 11 is 0. The molecule has 88 valence electrons. The molecule has 4 heteroatoms. The van der Waals surface area contributed by atoms with Crippen molar-refractivity contribution in [3.05, 3.63) is 36.4 Å². The van der Waals surface area contributed by atoms with E-state index in [2.05, 4.69) is 23.1 Å². The first-order valence-electron chi connectivity index (χ1n) is 4.64. The summed E-state index contributed by atoms with van der Waals surface area (Å²) in [5.41, 5.74) is 7.95. The molecule has 0 heterocycles. The lowest BCUT2D eigenvalue weighted by Gasteiger charge is -2.16. The largest absolute Gasteiger partial charge is 0.398 e. The first kappa shape index (κ1) is 14.9. The van der Waals surface area contributed by atoms with Gasteiger partial charge in [-0.25, -0.2) is 0 Å². The molecule has 0 amide bonds. The van der Waals surface area contributed by atoms with Crippen LogP contribution in [0.4, 0.5) is 11.4 Å². The highest BCUT2D eigenvalue weighted by Gasteiger charge is 2.03. The normalized spacial score (nSPS) is 9.12. The van der Waals surface area contributed by atoms with Gasteiger partial charge in [0.15, 0.2) is 0 Å². The van der Waals surface area contributed by atoms with Crippen molar-refractivity contribution in [1.82, 2.24) is 0 Å². The van der Waals surface area contributed by atoms with Crippen molar-refractivity contribution in [2.24, 2.45) is 0 Å². The Labute approximate surface area is 108 Å². The Hall–Kier alpha value is -1.12. The first-order valence-corrected chi connectivity index (χ1v) is 4.64. The number of fused-ring (bicyclic) bond motifs is 1. The Morgan fingerprint density at radius 2 is 1.44 bits per heavy atom. The molecular formula is C12H16Cl2N2. The highest BCUT2D eigenvalue weighted by molar-refractivity contribution is 6.01. The summed E-state index contributed by atoms with van der Waals surface area (Å²) in [4.78, 5) is 2.10. The van der Waals surface area contributed by atoms with Crippen LogP contribution in [-0.2, 0) is 0 Å². The van der Waals surface area contributed by atoms with Gasteiger partial charge in [0.2, 0.25) is 0 Å². The van der Waals surface area contributed by atoms with Gasteiger partial charge in [-0.1, -0.05) is 24.3 Å². The second kappa shape index (κ2) is 5.83. The third kappa shape index (κ3) is 2.52. The second-order valence-electron chi connectivity index (χ2n) is 3.61. The van der Waals surface area contributed by atoms with Gasteiger partial charge < -0.3 is 10.6 Å². The topological polar surface area (TPSA) is 29.3 Å². The molecule has 2 nitrogen and oxygen atoms in total. The second-order valence-corrected chi connectivity index (χ2v) is 3.61. The average molecular weight is 259 g/mol. The van der Waals surface area contributed by atoms with E-state index in [1.165, 1.54) is 11.1 Å². The van der Waals surface area contributed by atoms with E-state index < -0.39 is 0 Å². The van der Waals surface area contributed by atoms with Gasteiger partial charge in [-0.15, -0.1) is 24.8 Å². The lowest BCUT2D eigenvalue weighted by atomic mass is 10.1. The lowest BCUT2D eigenvalue weighted by Crippen LogP contribution is -2.09. The van der Waals surface area contributed by atoms with Crippen LogP contribution >= 0.6 is 24.8 Å². The first-order chi connectivity index (χ1) is 6.70. The van der Waals surface area contributed by atoms with E-state index >= 15 is 0 Å². The van der Waals surface area contributed by atoms with Crippen molar-refractivity contribution in [2.45, 2.75) is 0 Å². The zero-order chi connectivity index (χ0) is 10.1. The number of nitrogen functional groups attached to an aromatic ring is 1. The summed E-state index contributed by atoms with van der Waals surface area (Å²) in [6.45, 7) is 0. The molecule has 0 bridgehead atoms. The van der Waals surface area contributed by atoms with Gasteiger partial charge in [-0.2, -0.15) is 0 Å². The van der Waals surface area contributed by atoms with Gasteiger partial charge in [-0.3, -0.25) is 0 Å². The molecule has 0 aliphatic heterocycles. The Morgan fingerprint density at radius 1 is 0.875 bits per heavy atom. The van der Waals surface area contributed by atoms with Crippen LogP contribution in [-0.4, -0.2) is 14.1 Å². The number of halogens is 2. The molecule has 0 atom stereocenters. The van der Waals surface area contributed by atoms with Gasteiger partial charge in [0.05, 0.1) is 0 Å². The predicted octanol–water partition coefficient (Wildman–Crippen LogP) is 3.33. The number of hydrogen-bond donors (Lipinski definition) is 1. The highest BCUT2D eigenvalue weighted by atomic mass is 35.5. The van der Waals surface area contributed by atoms with E-state index in [1.54, 1.807) is 0 Å². The summed E-state index contributed by atoms with van der Waals surface area (Å²) < 4.78 is 0. The minimum Gasteiger partial charge on any atom is -0.398 e. The fourth-order valence-electron chi connectivity index (χ4n) is 1.70. The maximum atomic E-state index is 5.91. The van der Waals surface area contributed by atoms with Gasteiger partial charge in [-0.05, 0) is 12.1 Å². The Balaban J connectivity index is 0.00000112. The molecule has 0 saturated carbocycles. The molecule has 0 aliphatic rings. The highest BCUT2D eigenvalue weighted by Crippen LogP contribution is 2.29. The fourth-order valence-corrected chi connectivity index (χ4v) is 1.70. The van der Waals surface area contributed by atoms with E-state index in [0.717, 1.165) is 11.1 Å². The minimum absolute atomic E-state index is 0. The smallest absolute Gasteiger partial charge is 0.0442 e. The van der Waals surface area contributed by atoms with Crippen molar-refractivity contribution >= 4 is 47.0 Å². The van der Waals surface area contributed by atoms with Gasteiger partial charge >= 0.3 is 0 Å². The number of rotatable bonds is 1. The van der Waals surface area contributed by atoms with Crippen LogP contribution in [0.3, 0.4) is 0 Å². The standard InChI is InChI=1S/C12H14N2.2ClH/c1-14(2)12-8-7-11(13)9-5-3-4-6-10(9)12;;/h3-8H,13H2,1-2H3;2*1H. The van der Waals surface area contributed by atoms with Crippen molar-refractivity contribution in [3.63, 3.8) is 0 Å². The van der Waals surface area contributed by atoms with Crippen LogP contribution in [0.2, 0.25) is 0 Å². The molecule has 16 heavy (non-hydrogen) atoms. The molecule has 0 aliphatic carbocycles. The number of nitrogens with two attached hydrogens (primary N) is 1. The molecular weight excluding hydrogens is 243 g/mol. The molecule has 0 spiro atoms. The Kier molecular flexibility index (Phi) is 5.42. The summed E-state index contributed by atoms with van der Waals surface area (Å²) in [5, 5.41) is 2.33. The summed E-state index contributed by atoms with van der Waals surface area (Å²) in [6, 6.07) is 12.2. The van der Waals surface area contributed by atoms with Crippen LogP contribution in [0.5, 0.6) is 0 Å². The third-order valence-corrected chi connectivity index (χ3v) is 2.42. The average Bonchev–Trinajstić information content (AvgIpc) is 2.18. The monoisotopic (exact) mass is 258 g/mol. The summed E-state index contributed by atoms with van der Waals surface area (Å²) in [6.07, 6.45) is 0. The molecule has 2 N–H and O–H groups in total. The van der Waals surface area contributed by atoms with Crippen LogP contribution in [0.25, 0.3) is 10.8 Å². The SMILES string of the molecule is CN(C)c1ccc(N)c2ccccc12.Cl.Cl. The zero-order valence-electron chi connectivity index (χ0n) is 9.31.